The summed E-state index contributed by atoms with van der Waals surface area (Å²) in [7, 11) is 0. The average Bonchev–Trinajstić information content (AvgIpc) is 2.55. The number of carbonyl (C=O) groups is 4. The Morgan fingerprint density at radius 1 is 0.630 bits per heavy atom. The molecule has 2 aromatic rings. The zero-order valence-corrected chi connectivity index (χ0v) is 18.5. The summed E-state index contributed by atoms with van der Waals surface area (Å²) < 4.78 is 0. The maximum atomic E-state index is 10.6. The molecule has 0 aliphatic heterocycles. The van der Waals surface area contributed by atoms with Gasteiger partial charge in [0, 0.05) is 25.2 Å². The Morgan fingerprint density at radius 2 is 0.889 bits per heavy atom. The van der Waals surface area contributed by atoms with Crippen LogP contribution in [-0.4, -0.2) is 51.1 Å². The summed E-state index contributed by atoms with van der Waals surface area (Å²) in [5, 5.41) is 25.7. The van der Waals surface area contributed by atoms with Gasteiger partial charge in [-0.25, -0.2) is 0 Å². The summed E-state index contributed by atoms with van der Waals surface area (Å²) >= 11 is 0. The van der Waals surface area contributed by atoms with Crippen molar-refractivity contribution in [1.29, 1.82) is 0 Å². The third-order valence-electron chi connectivity index (χ3n) is 2.88. The Bertz CT molecular complexity index is 734. The molecule has 27 heavy (non-hydrogen) atoms. The van der Waals surface area contributed by atoms with Crippen LogP contribution in [0.25, 0.3) is 0 Å². The molecule has 2 amide bonds. The largest absolute Gasteiger partial charge is 2.00 e. The van der Waals surface area contributed by atoms with Gasteiger partial charge in [-0.1, -0.05) is 24.3 Å². The molecule has 2 rings (SSSR count). The number of nitrogens with one attached hydrogen (secondary N) is 2. The fourth-order valence-electron chi connectivity index (χ4n) is 1.79. The minimum atomic E-state index is -1.23. The van der Waals surface area contributed by atoms with Crippen LogP contribution in [0.4, 0.5) is 11.4 Å². The van der Waals surface area contributed by atoms with Gasteiger partial charge in [-0.2, -0.15) is 0 Å². The second-order valence-electron chi connectivity index (χ2n) is 5.09. The van der Waals surface area contributed by atoms with Crippen molar-refractivity contribution in [2.24, 2.45) is 0 Å². The second kappa shape index (κ2) is 11.8. The number of hydrogen-bond donors (Lipinski definition) is 2. The molecule has 0 spiro atoms. The van der Waals surface area contributed by atoms with Gasteiger partial charge in [-0.15, -0.1) is 0 Å². The molecule has 9 heteroatoms. The summed E-state index contributed by atoms with van der Waals surface area (Å²) in [6.45, 7) is 2.76. The standard InChI is InChI=1S/2C9H9NO3.Pb/c2*1-6(11)10-8-4-2-7(3-5-8)9(12)13;/h2*2-5H,1H3,(H,10,11)(H,12,13);/q;;+2/p-2. The first-order chi connectivity index (χ1) is 12.2. The number of benzene rings is 2. The van der Waals surface area contributed by atoms with E-state index in [4.69, 9.17) is 0 Å². The first-order valence-corrected chi connectivity index (χ1v) is 7.37. The van der Waals surface area contributed by atoms with Crippen LogP contribution in [0.5, 0.6) is 0 Å². The molecule has 0 aromatic heterocycles. The van der Waals surface area contributed by atoms with Gasteiger partial charge >= 0.3 is 27.3 Å². The van der Waals surface area contributed by atoms with Crippen molar-refractivity contribution in [1.82, 2.24) is 0 Å². The fraction of sp³-hybridized carbons (Fsp3) is 0.111. The van der Waals surface area contributed by atoms with Gasteiger partial charge in [-0.05, 0) is 35.4 Å². The molecule has 8 nitrogen and oxygen atoms in total. The Labute approximate surface area is 175 Å². The molecule has 0 aliphatic carbocycles. The van der Waals surface area contributed by atoms with Gasteiger partial charge in [0.2, 0.25) is 11.8 Å². The van der Waals surface area contributed by atoms with Crippen molar-refractivity contribution in [3.63, 3.8) is 0 Å². The van der Waals surface area contributed by atoms with E-state index in [1.165, 1.54) is 62.4 Å². The van der Waals surface area contributed by atoms with Crippen LogP contribution < -0.4 is 20.8 Å². The van der Waals surface area contributed by atoms with Crippen LogP contribution >= 0.6 is 0 Å². The molecule has 2 aromatic carbocycles. The molecule has 0 bridgehead atoms. The van der Waals surface area contributed by atoms with E-state index in [1.54, 1.807) is 0 Å². The summed E-state index contributed by atoms with van der Waals surface area (Å²) in [5.74, 6) is -2.84. The molecular weight excluding hydrogens is 547 g/mol. The summed E-state index contributed by atoms with van der Waals surface area (Å²) in [6, 6.07) is 11.5. The quantitative estimate of drug-likeness (QED) is 0.488. The van der Waals surface area contributed by atoms with Crippen molar-refractivity contribution in [2.75, 3.05) is 10.6 Å². The molecule has 2 N–H and O–H groups in total. The van der Waals surface area contributed by atoms with Crippen molar-refractivity contribution in [3.05, 3.63) is 59.7 Å². The van der Waals surface area contributed by atoms with Crippen molar-refractivity contribution >= 4 is 62.4 Å². The molecule has 0 unspecified atom stereocenters. The van der Waals surface area contributed by atoms with Crippen LogP contribution in [-0.2, 0) is 9.59 Å². The number of hydrogen-bond acceptors (Lipinski definition) is 6. The smallest absolute Gasteiger partial charge is 0.545 e. The fourth-order valence-corrected chi connectivity index (χ4v) is 1.79. The Kier molecular flexibility index (Phi) is 10.6. The normalized spacial score (nSPS) is 8.96. The topological polar surface area (TPSA) is 138 Å². The van der Waals surface area contributed by atoms with E-state index in [2.05, 4.69) is 10.6 Å². The van der Waals surface area contributed by atoms with E-state index in [0.29, 0.717) is 11.4 Å². The van der Waals surface area contributed by atoms with E-state index >= 15 is 0 Å². The number of rotatable bonds is 4. The minimum Gasteiger partial charge on any atom is -0.545 e. The van der Waals surface area contributed by atoms with Crippen LogP contribution in [0.2, 0.25) is 0 Å². The van der Waals surface area contributed by atoms with Gasteiger partial charge in [0.1, 0.15) is 0 Å². The summed E-state index contributed by atoms with van der Waals surface area (Å²) in [5.41, 5.74) is 1.32. The molecule has 0 saturated carbocycles. The zero-order valence-electron chi connectivity index (χ0n) is 14.6. The monoisotopic (exact) mass is 564 g/mol. The predicted molar refractivity (Wildman–Crippen MR) is 95.9 cm³/mol. The second-order valence-corrected chi connectivity index (χ2v) is 5.09. The molecular formula is C18H16N2O6Pb. The number of amides is 2. The third kappa shape index (κ3) is 9.49. The molecule has 0 fully saturated rings. The van der Waals surface area contributed by atoms with Crippen molar-refractivity contribution in [3.8, 4) is 0 Å². The van der Waals surface area contributed by atoms with Crippen LogP contribution in [0.1, 0.15) is 34.6 Å². The third-order valence-corrected chi connectivity index (χ3v) is 2.88. The van der Waals surface area contributed by atoms with Gasteiger partial charge in [0.05, 0.1) is 11.9 Å². The molecule has 0 heterocycles. The van der Waals surface area contributed by atoms with E-state index in [0.717, 1.165) is 0 Å². The van der Waals surface area contributed by atoms with Crippen molar-refractivity contribution < 1.29 is 29.4 Å². The van der Waals surface area contributed by atoms with Gasteiger partial charge < -0.3 is 30.4 Å². The molecule has 0 atom stereocenters. The summed E-state index contributed by atoms with van der Waals surface area (Å²) in [6.07, 6.45) is 0. The van der Waals surface area contributed by atoms with E-state index in [1.807, 2.05) is 0 Å². The zero-order chi connectivity index (χ0) is 19.7. The Hall–Kier alpha value is -2.76. The Balaban J connectivity index is 0.000000483. The number of carboxylic acid groups (broad SMARTS) is 2. The van der Waals surface area contributed by atoms with Gasteiger partial charge in [0.25, 0.3) is 0 Å². The number of carboxylic acids is 2. The number of carbonyl (C=O) groups excluding carboxylic acids is 4. The van der Waals surface area contributed by atoms with Gasteiger partial charge in [0.15, 0.2) is 0 Å². The van der Waals surface area contributed by atoms with Gasteiger partial charge in [-0.3, -0.25) is 9.59 Å². The van der Waals surface area contributed by atoms with Crippen LogP contribution in [0.3, 0.4) is 0 Å². The predicted octanol–water partition coefficient (Wildman–Crippen LogP) is -0.364. The van der Waals surface area contributed by atoms with E-state index in [9.17, 15) is 29.4 Å². The molecule has 0 saturated heterocycles. The molecule has 0 aliphatic rings. The Morgan fingerprint density at radius 3 is 1.07 bits per heavy atom. The maximum Gasteiger partial charge on any atom is 2.00 e. The average molecular weight is 564 g/mol. The first-order valence-electron chi connectivity index (χ1n) is 7.37. The summed E-state index contributed by atoms with van der Waals surface area (Å²) in [4.78, 5) is 41.9. The molecule has 2 radical (unpaired) electrons. The SMILES string of the molecule is CC(=O)Nc1ccc(C(=O)[O-])cc1.CC(=O)Nc1ccc(C(=O)[O-])cc1.[Pb+2]. The number of anilines is 2. The van der Waals surface area contributed by atoms with Crippen LogP contribution in [0.15, 0.2) is 48.5 Å². The molecule has 138 valence electrons. The minimum absolute atomic E-state index is 0. The number of aromatic carboxylic acids is 2. The maximum absolute atomic E-state index is 10.6. The first kappa shape index (κ1) is 24.2. The van der Waals surface area contributed by atoms with Crippen LogP contribution in [0, 0.1) is 0 Å². The van der Waals surface area contributed by atoms with E-state index in [-0.39, 0.29) is 50.2 Å². The van der Waals surface area contributed by atoms with Crippen molar-refractivity contribution in [2.45, 2.75) is 13.8 Å². The van der Waals surface area contributed by atoms with E-state index < -0.39 is 11.9 Å².